The molecule has 174 valence electrons. The Balaban J connectivity index is 1.57. The zero-order valence-electron chi connectivity index (χ0n) is 18.5. The lowest BCUT2D eigenvalue weighted by Gasteiger charge is -2.34. The molecule has 3 aromatic rings. The molecule has 2 aromatic carbocycles. The summed E-state index contributed by atoms with van der Waals surface area (Å²) in [5.41, 5.74) is 2.73. The number of nitrogens with zero attached hydrogens (tertiary/aromatic N) is 1. The predicted molar refractivity (Wildman–Crippen MR) is 127 cm³/mol. The summed E-state index contributed by atoms with van der Waals surface area (Å²) in [7, 11) is -2.24. The second-order valence-corrected chi connectivity index (χ2v) is 10.7. The average Bonchev–Trinajstić information content (AvgIpc) is 3.38. The minimum Gasteiger partial charge on any atom is -0.493 e. The van der Waals surface area contributed by atoms with Crippen molar-refractivity contribution in [3.05, 3.63) is 76.7 Å². The topological polar surface area (TPSA) is 84.9 Å². The van der Waals surface area contributed by atoms with Gasteiger partial charge in [-0.1, -0.05) is 36.4 Å². The van der Waals surface area contributed by atoms with Crippen molar-refractivity contribution in [1.29, 1.82) is 0 Å². The average molecular weight is 487 g/mol. The van der Waals surface area contributed by atoms with E-state index in [9.17, 15) is 13.2 Å². The number of thiophene rings is 1. The van der Waals surface area contributed by atoms with Crippen molar-refractivity contribution < 1.29 is 22.7 Å². The van der Waals surface area contributed by atoms with E-state index in [1.165, 1.54) is 4.31 Å². The van der Waals surface area contributed by atoms with Gasteiger partial charge in [-0.15, -0.1) is 11.3 Å². The molecule has 0 saturated carbocycles. The Morgan fingerprint density at radius 1 is 1.12 bits per heavy atom. The Morgan fingerprint density at radius 2 is 1.91 bits per heavy atom. The number of methoxy groups -OCH3 is 1. The molecular formula is C24H26N2O5S2. The molecule has 0 fully saturated rings. The Hall–Kier alpha value is -2.88. The van der Waals surface area contributed by atoms with Gasteiger partial charge in [0.25, 0.3) is 10.0 Å². The number of nitrogens with one attached hydrogen (secondary N) is 1. The van der Waals surface area contributed by atoms with E-state index in [2.05, 4.69) is 5.32 Å². The van der Waals surface area contributed by atoms with E-state index in [1.807, 2.05) is 43.3 Å². The molecule has 0 saturated heterocycles. The fraction of sp³-hybridized carbons (Fsp3) is 0.292. The van der Waals surface area contributed by atoms with Crippen molar-refractivity contribution in [3.63, 3.8) is 0 Å². The van der Waals surface area contributed by atoms with Crippen molar-refractivity contribution in [2.24, 2.45) is 0 Å². The first-order valence-corrected chi connectivity index (χ1v) is 13.0. The molecular weight excluding hydrogens is 460 g/mol. The Kier molecular flexibility index (Phi) is 7.02. The zero-order valence-corrected chi connectivity index (χ0v) is 20.1. The number of carbonyl (C=O) groups excluding carboxylic acids is 1. The second-order valence-electron chi connectivity index (χ2n) is 7.61. The highest BCUT2D eigenvalue weighted by atomic mass is 32.2. The predicted octanol–water partition coefficient (Wildman–Crippen LogP) is 3.59. The molecule has 0 radical (unpaired) electrons. The van der Waals surface area contributed by atoms with Crippen molar-refractivity contribution in [2.75, 3.05) is 13.7 Å². The van der Waals surface area contributed by atoms with Crippen LogP contribution in [-0.4, -0.2) is 38.4 Å². The number of hydrogen-bond donors (Lipinski definition) is 1. The lowest BCUT2D eigenvalue weighted by molar-refractivity contribution is -0.125. The molecule has 1 aliphatic rings. The van der Waals surface area contributed by atoms with Crippen LogP contribution in [0, 0.1) is 0 Å². The molecule has 2 heterocycles. The summed E-state index contributed by atoms with van der Waals surface area (Å²) in [5, 5.41) is 4.63. The van der Waals surface area contributed by atoms with Crippen molar-refractivity contribution >= 4 is 27.3 Å². The summed E-state index contributed by atoms with van der Waals surface area (Å²) in [6.07, 6.45) is 0.319. The van der Waals surface area contributed by atoms with Gasteiger partial charge in [-0.05, 0) is 53.6 Å². The highest BCUT2D eigenvalue weighted by Crippen LogP contribution is 2.31. The van der Waals surface area contributed by atoms with Crippen molar-refractivity contribution in [1.82, 2.24) is 9.62 Å². The molecule has 33 heavy (non-hydrogen) atoms. The molecule has 1 amide bonds. The van der Waals surface area contributed by atoms with Crippen molar-refractivity contribution in [2.45, 2.75) is 36.7 Å². The van der Waals surface area contributed by atoms with E-state index < -0.39 is 16.1 Å². The summed E-state index contributed by atoms with van der Waals surface area (Å²) < 4.78 is 39.2. The van der Waals surface area contributed by atoms with Crippen LogP contribution in [0.5, 0.6) is 11.5 Å². The minimum atomic E-state index is -3.81. The molecule has 0 bridgehead atoms. The number of amides is 1. The monoisotopic (exact) mass is 486 g/mol. The first-order valence-electron chi connectivity index (χ1n) is 10.6. The normalized spacial score (nSPS) is 16.1. The van der Waals surface area contributed by atoms with Crippen LogP contribution in [0.3, 0.4) is 0 Å². The summed E-state index contributed by atoms with van der Waals surface area (Å²) in [4.78, 5) is 13.3. The molecule has 7 nitrogen and oxygen atoms in total. The fourth-order valence-electron chi connectivity index (χ4n) is 3.90. The number of benzene rings is 2. The lowest BCUT2D eigenvalue weighted by atomic mass is 9.95. The van der Waals surface area contributed by atoms with Gasteiger partial charge < -0.3 is 14.8 Å². The van der Waals surface area contributed by atoms with Gasteiger partial charge in [-0.2, -0.15) is 4.31 Å². The third-order valence-corrected chi connectivity index (χ3v) is 8.79. The van der Waals surface area contributed by atoms with Gasteiger partial charge in [0, 0.05) is 13.1 Å². The molecule has 9 heteroatoms. The second kappa shape index (κ2) is 9.94. The third kappa shape index (κ3) is 4.90. The van der Waals surface area contributed by atoms with E-state index in [1.54, 1.807) is 30.7 Å². The van der Waals surface area contributed by atoms with E-state index in [0.29, 0.717) is 24.5 Å². The lowest BCUT2D eigenvalue weighted by Crippen LogP contribution is -2.52. The van der Waals surface area contributed by atoms with Gasteiger partial charge in [0.2, 0.25) is 5.91 Å². The van der Waals surface area contributed by atoms with Crippen LogP contribution < -0.4 is 14.8 Å². The number of carbonyl (C=O) groups is 1. The Bertz CT molecular complexity index is 1230. The molecule has 0 unspecified atom stereocenters. The maximum atomic E-state index is 13.4. The number of fused-ring (bicyclic) bond motifs is 1. The van der Waals surface area contributed by atoms with Gasteiger partial charge in [0.15, 0.2) is 11.5 Å². The SMILES string of the molecule is CCOc1ccc(CNC(=O)[C@@H]2Cc3ccccc3CN2S(=O)(=O)c2cccs2)cc1OC. The number of hydrogen-bond acceptors (Lipinski definition) is 6. The molecule has 1 N–H and O–H groups in total. The summed E-state index contributed by atoms with van der Waals surface area (Å²) >= 11 is 1.15. The minimum absolute atomic E-state index is 0.158. The van der Waals surface area contributed by atoms with Crippen LogP contribution in [0.2, 0.25) is 0 Å². The number of sulfonamides is 1. The van der Waals surface area contributed by atoms with Gasteiger partial charge in [-0.3, -0.25) is 4.79 Å². The van der Waals surface area contributed by atoms with Gasteiger partial charge in [-0.25, -0.2) is 8.42 Å². The maximum absolute atomic E-state index is 13.4. The smallest absolute Gasteiger partial charge is 0.253 e. The number of rotatable bonds is 8. The first kappa shape index (κ1) is 23.3. The molecule has 1 aromatic heterocycles. The highest BCUT2D eigenvalue weighted by Gasteiger charge is 2.39. The summed E-state index contributed by atoms with van der Waals surface area (Å²) in [5.74, 6) is 0.877. The molecule has 4 rings (SSSR count). The van der Waals surface area contributed by atoms with E-state index in [-0.39, 0.29) is 23.2 Å². The quantitative estimate of drug-likeness (QED) is 0.526. The van der Waals surface area contributed by atoms with Gasteiger partial charge >= 0.3 is 0 Å². The van der Waals surface area contributed by atoms with Crippen LogP contribution in [-0.2, 0) is 34.3 Å². The zero-order chi connectivity index (χ0) is 23.4. The van der Waals surface area contributed by atoms with Gasteiger partial charge in [0.1, 0.15) is 10.3 Å². The van der Waals surface area contributed by atoms with Crippen LogP contribution in [0.15, 0.2) is 64.2 Å². The van der Waals surface area contributed by atoms with Crippen LogP contribution >= 0.6 is 11.3 Å². The fourth-order valence-corrected chi connectivity index (χ4v) is 6.59. The first-order chi connectivity index (χ1) is 15.9. The standard InChI is InChI=1S/C24H26N2O5S2/c1-3-31-21-11-10-17(13-22(21)30-2)15-25-24(27)20-14-18-7-4-5-8-19(18)16-26(20)33(28,29)23-9-6-12-32-23/h4-13,20H,3,14-16H2,1-2H3,(H,25,27)/t20-/m0/s1. The Morgan fingerprint density at radius 3 is 2.61 bits per heavy atom. The number of ether oxygens (including phenoxy) is 2. The van der Waals surface area contributed by atoms with E-state index >= 15 is 0 Å². The van der Waals surface area contributed by atoms with E-state index in [4.69, 9.17) is 9.47 Å². The third-order valence-electron chi connectivity index (χ3n) is 5.56. The summed E-state index contributed by atoms with van der Waals surface area (Å²) in [6.45, 7) is 2.81. The Labute approximate surface area is 198 Å². The molecule has 0 aliphatic carbocycles. The van der Waals surface area contributed by atoms with Gasteiger partial charge in [0.05, 0.1) is 13.7 Å². The van der Waals surface area contributed by atoms with Crippen LogP contribution in [0.1, 0.15) is 23.6 Å². The maximum Gasteiger partial charge on any atom is 0.253 e. The van der Waals surface area contributed by atoms with Crippen LogP contribution in [0.4, 0.5) is 0 Å². The molecule has 1 atom stereocenters. The van der Waals surface area contributed by atoms with Crippen molar-refractivity contribution in [3.8, 4) is 11.5 Å². The van der Waals surface area contributed by atoms with E-state index in [0.717, 1.165) is 28.0 Å². The largest absolute Gasteiger partial charge is 0.493 e. The molecule has 0 spiro atoms. The molecule has 1 aliphatic heterocycles. The van der Waals surface area contributed by atoms with Crippen LogP contribution in [0.25, 0.3) is 0 Å². The summed E-state index contributed by atoms with van der Waals surface area (Å²) in [6, 6.07) is 15.5. The highest BCUT2D eigenvalue weighted by molar-refractivity contribution is 7.91.